The predicted molar refractivity (Wildman–Crippen MR) is 52.1 cm³/mol. The highest BCUT2D eigenvalue weighted by molar-refractivity contribution is 5.91. The number of ketones is 1. The summed E-state index contributed by atoms with van der Waals surface area (Å²) >= 11 is 0. The molecule has 1 aromatic carbocycles. The van der Waals surface area contributed by atoms with Gasteiger partial charge in [-0.05, 0) is 31.2 Å². The van der Waals surface area contributed by atoms with Gasteiger partial charge in [-0.25, -0.2) is 4.79 Å². The number of hydrogen-bond acceptors (Lipinski definition) is 4. The minimum absolute atomic E-state index is 0.211. The van der Waals surface area contributed by atoms with Crippen LogP contribution in [0.15, 0.2) is 24.3 Å². The highest BCUT2D eigenvalue weighted by Gasteiger charge is 2.07. The van der Waals surface area contributed by atoms with E-state index in [1.807, 2.05) is 6.07 Å². The van der Waals surface area contributed by atoms with Gasteiger partial charge in [0, 0.05) is 0 Å². The van der Waals surface area contributed by atoms with Crippen LogP contribution in [0.25, 0.3) is 0 Å². The monoisotopic (exact) mass is 203 g/mol. The van der Waals surface area contributed by atoms with Crippen LogP contribution in [-0.2, 0) is 9.53 Å². The van der Waals surface area contributed by atoms with E-state index >= 15 is 0 Å². The molecule has 0 N–H and O–H groups in total. The fourth-order valence-electron chi connectivity index (χ4n) is 0.931. The molecule has 0 aliphatic rings. The zero-order valence-electron chi connectivity index (χ0n) is 8.19. The van der Waals surface area contributed by atoms with E-state index in [-0.39, 0.29) is 12.4 Å². The summed E-state index contributed by atoms with van der Waals surface area (Å²) in [6.07, 6.45) is 0. The first-order chi connectivity index (χ1) is 7.13. The van der Waals surface area contributed by atoms with Crippen molar-refractivity contribution in [2.45, 2.75) is 6.92 Å². The second kappa shape index (κ2) is 4.91. The number of benzene rings is 1. The van der Waals surface area contributed by atoms with Crippen LogP contribution in [0, 0.1) is 11.3 Å². The Balaban J connectivity index is 2.67. The first-order valence-corrected chi connectivity index (χ1v) is 4.30. The Morgan fingerprint density at radius 3 is 2.40 bits per heavy atom. The van der Waals surface area contributed by atoms with Crippen LogP contribution in [0.5, 0.6) is 0 Å². The quantitative estimate of drug-likeness (QED) is 0.694. The van der Waals surface area contributed by atoms with Gasteiger partial charge in [0.15, 0.2) is 5.78 Å². The average Bonchev–Trinajstić information content (AvgIpc) is 2.26. The lowest BCUT2D eigenvalue weighted by molar-refractivity contribution is -0.120. The molecule has 0 heterocycles. The van der Waals surface area contributed by atoms with Crippen LogP contribution in [0.2, 0.25) is 0 Å². The van der Waals surface area contributed by atoms with E-state index in [4.69, 9.17) is 10.00 Å². The molecule has 4 nitrogen and oxygen atoms in total. The summed E-state index contributed by atoms with van der Waals surface area (Å²) in [5, 5.41) is 8.53. The van der Waals surface area contributed by atoms with E-state index in [0.717, 1.165) is 0 Å². The van der Waals surface area contributed by atoms with Crippen LogP contribution >= 0.6 is 0 Å². The molecule has 0 aliphatic heterocycles. The molecule has 0 amide bonds. The summed E-state index contributed by atoms with van der Waals surface area (Å²) in [5.41, 5.74) is 0.799. The molecule has 76 valence electrons. The van der Waals surface area contributed by atoms with Crippen molar-refractivity contribution < 1.29 is 14.3 Å². The molecule has 0 saturated carbocycles. The van der Waals surface area contributed by atoms with Gasteiger partial charge in [0.05, 0.1) is 17.2 Å². The third-order valence-electron chi connectivity index (χ3n) is 1.66. The number of ether oxygens (including phenoxy) is 1. The van der Waals surface area contributed by atoms with E-state index in [9.17, 15) is 9.59 Å². The van der Waals surface area contributed by atoms with Crippen molar-refractivity contribution in [1.29, 1.82) is 5.26 Å². The van der Waals surface area contributed by atoms with Gasteiger partial charge < -0.3 is 4.74 Å². The lowest BCUT2D eigenvalue weighted by atomic mass is 10.1. The zero-order chi connectivity index (χ0) is 11.3. The lowest BCUT2D eigenvalue weighted by Crippen LogP contribution is -2.11. The second-order valence-electron chi connectivity index (χ2n) is 2.97. The summed E-state index contributed by atoms with van der Waals surface area (Å²) in [6.45, 7) is 1.12. The summed E-state index contributed by atoms with van der Waals surface area (Å²) in [6, 6.07) is 7.95. The normalized spacial score (nSPS) is 9.07. The Hall–Kier alpha value is -2.15. The van der Waals surface area contributed by atoms with Gasteiger partial charge in [0.1, 0.15) is 6.61 Å². The van der Waals surface area contributed by atoms with Gasteiger partial charge in [-0.3, -0.25) is 4.79 Å². The second-order valence-corrected chi connectivity index (χ2v) is 2.97. The van der Waals surface area contributed by atoms with Crippen LogP contribution in [0.4, 0.5) is 0 Å². The van der Waals surface area contributed by atoms with Crippen molar-refractivity contribution in [3.05, 3.63) is 35.4 Å². The number of esters is 1. The Kier molecular flexibility index (Phi) is 3.58. The van der Waals surface area contributed by atoms with Crippen LogP contribution in [-0.4, -0.2) is 18.4 Å². The van der Waals surface area contributed by atoms with Crippen molar-refractivity contribution in [2.75, 3.05) is 6.61 Å². The Morgan fingerprint density at radius 2 is 1.93 bits per heavy atom. The topological polar surface area (TPSA) is 67.2 Å². The zero-order valence-corrected chi connectivity index (χ0v) is 8.19. The number of nitrogens with zero attached hydrogens (tertiary/aromatic N) is 1. The lowest BCUT2D eigenvalue weighted by Gasteiger charge is -2.01. The van der Waals surface area contributed by atoms with Crippen molar-refractivity contribution in [2.24, 2.45) is 0 Å². The molecule has 1 rings (SSSR count). The molecule has 0 bridgehead atoms. The van der Waals surface area contributed by atoms with E-state index < -0.39 is 5.97 Å². The fraction of sp³-hybridized carbons (Fsp3) is 0.182. The maximum absolute atomic E-state index is 11.3. The first kappa shape index (κ1) is 10.9. The number of nitriles is 1. The van der Waals surface area contributed by atoms with Gasteiger partial charge in [-0.1, -0.05) is 0 Å². The molecule has 1 aromatic rings. The summed E-state index contributed by atoms with van der Waals surface area (Å²) in [7, 11) is 0. The average molecular weight is 203 g/mol. The molecular weight excluding hydrogens is 194 g/mol. The first-order valence-electron chi connectivity index (χ1n) is 4.30. The largest absolute Gasteiger partial charge is 0.454 e. The third kappa shape index (κ3) is 3.24. The fourth-order valence-corrected chi connectivity index (χ4v) is 0.931. The number of carbonyl (C=O) groups is 2. The Bertz CT molecular complexity index is 414. The van der Waals surface area contributed by atoms with Gasteiger partial charge >= 0.3 is 5.97 Å². The number of carbonyl (C=O) groups excluding carboxylic acids is 2. The maximum atomic E-state index is 11.3. The Morgan fingerprint density at radius 1 is 1.33 bits per heavy atom. The minimum Gasteiger partial charge on any atom is -0.454 e. The SMILES string of the molecule is CC(=O)COC(=O)c1ccc(C#N)cc1. The van der Waals surface area contributed by atoms with E-state index in [0.29, 0.717) is 11.1 Å². The van der Waals surface area contributed by atoms with E-state index in [1.54, 1.807) is 0 Å². The molecule has 0 radical (unpaired) electrons. The summed E-state index contributed by atoms with van der Waals surface area (Å²) in [4.78, 5) is 21.9. The van der Waals surface area contributed by atoms with Crippen LogP contribution < -0.4 is 0 Å². The van der Waals surface area contributed by atoms with Crippen molar-refractivity contribution in [3.8, 4) is 6.07 Å². The van der Waals surface area contributed by atoms with E-state index in [1.165, 1.54) is 31.2 Å². The smallest absolute Gasteiger partial charge is 0.338 e. The molecule has 0 aromatic heterocycles. The number of hydrogen-bond donors (Lipinski definition) is 0. The van der Waals surface area contributed by atoms with Gasteiger partial charge in [0.2, 0.25) is 0 Å². The molecule has 0 aliphatic carbocycles. The van der Waals surface area contributed by atoms with Crippen molar-refractivity contribution in [3.63, 3.8) is 0 Å². The van der Waals surface area contributed by atoms with Crippen molar-refractivity contribution >= 4 is 11.8 Å². The molecule has 0 atom stereocenters. The van der Waals surface area contributed by atoms with Gasteiger partial charge in [0.25, 0.3) is 0 Å². The highest BCUT2D eigenvalue weighted by atomic mass is 16.5. The van der Waals surface area contributed by atoms with Crippen LogP contribution in [0.1, 0.15) is 22.8 Å². The third-order valence-corrected chi connectivity index (χ3v) is 1.66. The van der Waals surface area contributed by atoms with Gasteiger partial charge in [-0.15, -0.1) is 0 Å². The Labute approximate surface area is 87.1 Å². The summed E-state index contributed by atoms with van der Waals surface area (Å²) < 4.78 is 4.69. The molecule has 0 fully saturated rings. The minimum atomic E-state index is -0.560. The van der Waals surface area contributed by atoms with Crippen molar-refractivity contribution in [1.82, 2.24) is 0 Å². The highest BCUT2D eigenvalue weighted by Crippen LogP contribution is 2.04. The molecular formula is C11H9NO3. The van der Waals surface area contributed by atoms with Crippen LogP contribution in [0.3, 0.4) is 0 Å². The molecule has 0 unspecified atom stereocenters. The van der Waals surface area contributed by atoms with Gasteiger partial charge in [-0.2, -0.15) is 5.26 Å². The molecule has 0 spiro atoms. The predicted octanol–water partition coefficient (Wildman–Crippen LogP) is 1.30. The molecule has 15 heavy (non-hydrogen) atoms. The summed E-state index contributed by atoms with van der Waals surface area (Å²) in [5.74, 6) is -0.772. The van der Waals surface area contributed by atoms with E-state index in [2.05, 4.69) is 0 Å². The number of rotatable bonds is 3. The standard InChI is InChI=1S/C11H9NO3/c1-8(13)7-15-11(14)10-4-2-9(6-12)3-5-10/h2-5H,7H2,1H3. The molecule has 0 saturated heterocycles. The number of Topliss-reactive ketones (excluding diaryl/α,β-unsaturated/α-hetero) is 1. The molecule has 4 heteroatoms. The maximum Gasteiger partial charge on any atom is 0.338 e.